The van der Waals surface area contributed by atoms with Gasteiger partial charge in [-0.3, -0.25) is 9.59 Å². The van der Waals surface area contributed by atoms with Gasteiger partial charge in [-0.1, -0.05) is 57.0 Å². The standard InChI is InChI=1S/C17H25NO3/c1-3-5-9-13(4-2)17(21)18-15(12-16(19)20)14-10-7-6-8-11-14/h6-8,10-11,13,15H,3-5,9,12H2,1-2H3,(H,18,21)(H,19,20). The van der Waals surface area contributed by atoms with Crippen molar-refractivity contribution in [2.45, 2.75) is 52.0 Å². The Morgan fingerprint density at radius 3 is 2.38 bits per heavy atom. The van der Waals surface area contributed by atoms with E-state index in [4.69, 9.17) is 5.11 Å². The van der Waals surface area contributed by atoms with E-state index in [1.807, 2.05) is 37.3 Å². The van der Waals surface area contributed by atoms with Gasteiger partial charge in [0.25, 0.3) is 0 Å². The van der Waals surface area contributed by atoms with E-state index in [2.05, 4.69) is 12.2 Å². The molecule has 0 saturated carbocycles. The van der Waals surface area contributed by atoms with Crippen LogP contribution in [0.3, 0.4) is 0 Å². The van der Waals surface area contributed by atoms with E-state index in [0.29, 0.717) is 0 Å². The fraction of sp³-hybridized carbons (Fsp3) is 0.529. The van der Waals surface area contributed by atoms with Crippen LogP contribution >= 0.6 is 0 Å². The van der Waals surface area contributed by atoms with Gasteiger partial charge in [-0.2, -0.15) is 0 Å². The van der Waals surface area contributed by atoms with Crippen LogP contribution in [-0.4, -0.2) is 17.0 Å². The van der Waals surface area contributed by atoms with E-state index in [0.717, 1.165) is 31.2 Å². The van der Waals surface area contributed by atoms with Gasteiger partial charge >= 0.3 is 5.97 Å². The number of hydrogen-bond acceptors (Lipinski definition) is 2. The third kappa shape index (κ3) is 5.98. The maximum atomic E-state index is 12.3. The second kappa shape index (κ2) is 9.16. The van der Waals surface area contributed by atoms with Crippen molar-refractivity contribution in [2.24, 2.45) is 5.92 Å². The highest BCUT2D eigenvalue weighted by molar-refractivity contribution is 5.80. The molecule has 0 aliphatic heterocycles. The molecule has 2 unspecified atom stereocenters. The summed E-state index contributed by atoms with van der Waals surface area (Å²) >= 11 is 0. The van der Waals surface area contributed by atoms with Gasteiger partial charge in [0.2, 0.25) is 5.91 Å². The molecule has 1 amide bonds. The lowest BCUT2D eigenvalue weighted by Crippen LogP contribution is -2.35. The van der Waals surface area contributed by atoms with Crippen molar-refractivity contribution in [3.8, 4) is 0 Å². The molecular weight excluding hydrogens is 266 g/mol. The molecule has 0 fully saturated rings. The number of aliphatic carboxylic acids is 1. The number of carbonyl (C=O) groups is 2. The lowest BCUT2D eigenvalue weighted by Gasteiger charge is -2.21. The molecule has 4 nitrogen and oxygen atoms in total. The topological polar surface area (TPSA) is 66.4 Å². The summed E-state index contributed by atoms with van der Waals surface area (Å²) in [7, 11) is 0. The van der Waals surface area contributed by atoms with Crippen molar-refractivity contribution in [3.63, 3.8) is 0 Å². The van der Waals surface area contributed by atoms with E-state index in [1.165, 1.54) is 0 Å². The monoisotopic (exact) mass is 291 g/mol. The third-order valence-electron chi connectivity index (χ3n) is 3.67. The molecule has 0 radical (unpaired) electrons. The molecule has 116 valence electrons. The predicted octanol–water partition coefficient (Wildman–Crippen LogP) is 3.54. The summed E-state index contributed by atoms with van der Waals surface area (Å²) in [4.78, 5) is 23.4. The largest absolute Gasteiger partial charge is 0.481 e. The maximum absolute atomic E-state index is 12.3. The number of amides is 1. The van der Waals surface area contributed by atoms with E-state index in [-0.39, 0.29) is 18.2 Å². The first-order valence-electron chi connectivity index (χ1n) is 7.65. The lowest BCUT2D eigenvalue weighted by molar-refractivity contribution is -0.138. The zero-order valence-corrected chi connectivity index (χ0v) is 12.8. The van der Waals surface area contributed by atoms with Crippen LogP contribution in [0.5, 0.6) is 0 Å². The Balaban J connectivity index is 2.76. The number of unbranched alkanes of at least 4 members (excludes halogenated alkanes) is 1. The van der Waals surface area contributed by atoms with Crippen molar-refractivity contribution >= 4 is 11.9 Å². The van der Waals surface area contributed by atoms with Crippen LogP contribution in [-0.2, 0) is 9.59 Å². The van der Waals surface area contributed by atoms with E-state index < -0.39 is 12.0 Å². The minimum absolute atomic E-state index is 0.0371. The second-order valence-corrected chi connectivity index (χ2v) is 5.32. The van der Waals surface area contributed by atoms with Crippen LogP contribution in [0.1, 0.15) is 57.6 Å². The molecule has 1 aromatic rings. The van der Waals surface area contributed by atoms with Crippen molar-refractivity contribution in [3.05, 3.63) is 35.9 Å². The van der Waals surface area contributed by atoms with Crippen LogP contribution in [0.2, 0.25) is 0 Å². The fourth-order valence-corrected chi connectivity index (χ4v) is 2.37. The Bertz CT molecular complexity index is 445. The maximum Gasteiger partial charge on any atom is 0.305 e. The molecule has 1 aromatic carbocycles. The van der Waals surface area contributed by atoms with Gasteiger partial charge < -0.3 is 10.4 Å². The van der Waals surface area contributed by atoms with Crippen LogP contribution in [0.15, 0.2) is 30.3 Å². The normalized spacial score (nSPS) is 13.4. The van der Waals surface area contributed by atoms with Gasteiger partial charge in [0.15, 0.2) is 0 Å². The van der Waals surface area contributed by atoms with Crippen molar-refractivity contribution in [2.75, 3.05) is 0 Å². The van der Waals surface area contributed by atoms with Gasteiger partial charge in [-0.25, -0.2) is 0 Å². The van der Waals surface area contributed by atoms with Gasteiger partial charge in [-0.15, -0.1) is 0 Å². The Kier molecular flexibility index (Phi) is 7.51. The molecule has 2 atom stereocenters. The first kappa shape index (κ1) is 17.2. The molecule has 0 aromatic heterocycles. The highest BCUT2D eigenvalue weighted by Gasteiger charge is 2.22. The molecule has 0 heterocycles. The van der Waals surface area contributed by atoms with Gasteiger partial charge in [0, 0.05) is 5.92 Å². The van der Waals surface area contributed by atoms with Crippen molar-refractivity contribution in [1.82, 2.24) is 5.32 Å². The summed E-state index contributed by atoms with van der Waals surface area (Å²) in [6, 6.07) is 8.81. The number of carboxylic acid groups (broad SMARTS) is 1. The summed E-state index contributed by atoms with van der Waals surface area (Å²) in [6.07, 6.45) is 3.61. The summed E-state index contributed by atoms with van der Waals surface area (Å²) in [5.74, 6) is -0.989. The highest BCUT2D eigenvalue weighted by atomic mass is 16.4. The van der Waals surface area contributed by atoms with Gasteiger partial charge in [-0.05, 0) is 18.4 Å². The second-order valence-electron chi connectivity index (χ2n) is 5.32. The minimum Gasteiger partial charge on any atom is -0.481 e. The lowest BCUT2D eigenvalue weighted by atomic mass is 9.96. The number of hydrogen-bond donors (Lipinski definition) is 2. The molecule has 0 spiro atoms. The molecular formula is C17H25NO3. The highest BCUT2D eigenvalue weighted by Crippen LogP contribution is 2.19. The zero-order chi connectivity index (χ0) is 15.7. The SMILES string of the molecule is CCCCC(CC)C(=O)NC(CC(=O)O)c1ccccc1. The van der Waals surface area contributed by atoms with Gasteiger partial charge in [0.05, 0.1) is 12.5 Å². The van der Waals surface area contributed by atoms with E-state index in [1.54, 1.807) is 0 Å². The van der Waals surface area contributed by atoms with Crippen molar-refractivity contribution < 1.29 is 14.7 Å². The van der Waals surface area contributed by atoms with Gasteiger partial charge in [0.1, 0.15) is 0 Å². The first-order chi connectivity index (χ1) is 10.1. The van der Waals surface area contributed by atoms with Crippen LogP contribution < -0.4 is 5.32 Å². The molecule has 0 aliphatic carbocycles. The molecule has 0 aliphatic rings. The first-order valence-corrected chi connectivity index (χ1v) is 7.65. The molecule has 21 heavy (non-hydrogen) atoms. The van der Waals surface area contributed by atoms with Crippen molar-refractivity contribution in [1.29, 1.82) is 0 Å². The number of carbonyl (C=O) groups excluding carboxylic acids is 1. The average Bonchev–Trinajstić information content (AvgIpc) is 2.48. The number of benzene rings is 1. The minimum atomic E-state index is -0.911. The smallest absolute Gasteiger partial charge is 0.305 e. The molecule has 0 bridgehead atoms. The van der Waals surface area contributed by atoms with Crippen LogP contribution in [0.25, 0.3) is 0 Å². The van der Waals surface area contributed by atoms with Crippen LogP contribution in [0, 0.1) is 5.92 Å². The van der Waals surface area contributed by atoms with Crippen LogP contribution in [0.4, 0.5) is 0 Å². The Labute approximate surface area is 126 Å². The number of rotatable bonds is 9. The third-order valence-corrected chi connectivity index (χ3v) is 3.67. The van der Waals surface area contributed by atoms with E-state index >= 15 is 0 Å². The Hall–Kier alpha value is -1.84. The zero-order valence-electron chi connectivity index (χ0n) is 12.8. The summed E-state index contributed by atoms with van der Waals surface area (Å²) in [5.41, 5.74) is 0.832. The Morgan fingerprint density at radius 1 is 1.19 bits per heavy atom. The van der Waals surface area contributed by atoms with E-state index in [9.17, 15) is 9.59 Å². The summed E-state index contributed by atoms with van der Waals surface area (Å²) < 4.78 is 0. The quantitative estimate of drug-likeness (QED) is 0.731. The number of nitrogens with one attached hydrogen (secondary N) is 1. The molecule has 1 rings (SSSR count). The summed E-state index contributed by atoms with van der Waals surface area (Å²) in [6.45, 7) is 4.09. The Morgan fingerprint density at radius 2 is 1.86 bits per heavy atom. The molecule has 2 N–H and O–H groups in total. The number of carboxylic acids is 1. The summed E-state index contributed by atoms with van der Waals surface area (Å²) in [5, 5.41) is 11.9. The predicted molar refractivity (Wildman–Crippen MR) is 82.9 cm³/mol. The molecule has 4 heteroatoms. The fourth-order valence-electron chi connectivity index (χ4n) is 2.37. The molecule has 0 saturated heterocycles. The average molecular weight is 291 g/mol.